The molecule has 0 radical (unpaired) electrons. The van der Waals surface area contributed by atoms with Crippen LogP contribution in [0.1, 0.15) is 23.1 Å². The van der Waals surface area contributed by atoms with Crippen molar-refractivity contribution < 1.29 is 13.2 Å². The van der Waals surface area contributed by atoms with Crippen LogP contribution in [0.2, 0.25) is 0 Å². The zero-order valence-corrected chi connectivity index (χ0v) is 19.1. The van der Waals surface area contributed by atoms with Crippen LogP contribution in [0.25, 0.3) is 0 Å². The van der Waals surface area contributed by atoms with Gasteiger partial charge in [0, 0.05) is 39.3 Å². The molecule has 7 nitrogen and oxygen atoms in total. The van der Waals surface area contributed by atoms with Crippen molar-refractivity contribution in [1.29, 1.82) is 5.26 Å². The SMILES string of the molecule is N#Cc1ccc(CS(=O)(=O)CC(=O)NCCCN2CCN(Cc3ccccc3)CC2)cc1. The number of nitrogens with zero attached hydrogens (tertiary/aromatic N) is 3. The number of hydrogen-bond donors (Lipinski definition) is 1. The lowest BCUT2D eigenvalue weighted by Gasteiger charge is -2.34. The maximum atomic E-state index is 12.3. The number of carbonyl (C=O) groups is 1. The van der Waals surface area contributed by atoms with Crippen molar-refractivity contribution in [3.63, 3.8) is 0 Å². The van der Waals surface area contributed by atoms with E-state index in [0.29, 0.717) is 17.7 Å². The highest BCUT2D eigenvalue weighted by molar-refractivity contribution is 7.91. The fourth-order valence-electron chi connectivity index (χ4n) is 3.77. The molecule has 0 bridgehead atoms. The molecule has 0 atom stereocenters. The van der Waals surface area contributed by atoms with E-state index in [-0.39, 0.29) is 5.75 Å². The molecule has 1 aliphatic rings. The predicted molar refractivity (Wildman–Crippen MR) is 124 cm³/mol. The van der Waals surface area contributed by atoms with Crippen molar-refractivity contribution in [2.75, 3.05) is 45.0 Å². The summed E-state index contributed by atoms with van der Waals surface area (Å²) < 4.78 is 24.5. The number of amides is 1. The number of carbonyl (C=O) groups excluding carboxylic acids is 1. The van der Waals surface area contributed by atoms with Gasteiger partial charge in [0.15, 0.2) is 9.84 Å². The maximum Gasteiger partial charge on any atom is 0.235 e. The molecule has 8 heteroatoms. The zero-order chi connectivity index (χ0) is 22.8. The highest BCUT2D eigenvalue weighted by Crippen LogP contribution is 2.10. The van der Waals surface area contributed by atoms with Crippen molar-refractivity contribution in [2.45, 2.75) is 18.7 Å². The second kappa shape index (κ2) is 11.8. The lowest BCUT2D eigenvalue weighted by atomic mass is 10.2. The monoisotopic (exact) mass is 454 g/mol. The quantitative estimate of drug-likeness (QED) is 0.550. The summed E-state index contributed by atoms with van der Waals surface area (Å²) in [6, 6.07) is 18.8. The third-order valence-corrected chi connectivity index (χ3v) is 6.98. The van der Waals surface area contributed by atoms with Crippen LogP contribution in [0, 0.1) is 11.3 Å². The standard InChI is InChI=1S/C24H30N4O3S/c25-17-21-7-9-23(10-8-21)19-32(30,31)20-24(29)26-11-4-12-27-13-15-28(16-14-27)18-22-5-2-1-3-6-22/h1-3,5-10H,4,11-16,18-20H2,(H,26,29). The highest BCUT2D eigenvalue weighted by atomic mass is 32.2. The van der Waals surface area contributed by atoms with Crippen LogP contribution in [0.15, 0.2) is 54.6 Å². The number of nitriles is 1. The molecule has 1 N–H and O–H groups in total. The Labute approximate surface area is 190 Å². The molecule has 0 aromatic heterocycles. The first kappa shape index (κ1) is 23.9. The molecule has 0 spiro atoms. The van der Waals surface area contributed by atoms with Gasteiger partial charge in [0.05, 0.1) is 17.4 Å². The van der Waals surface area contributed by atoms with Crippen LogP contribution in [-0.2, 0) is 26.9 Å². The fourth-order valence-corrected chi connectivity index (χ4v) is 5.08. The second-order valence-electron chi connectivity index (χ2n) is 8.15. The summed E-state index contributed by atoms with van der Waals surface area (Å²) in [5, 5.41) is 11.5. The van der Waals surface area contributed by atoms with Crippen LogP contribution in [0.4, 0.5) is 0 Å². The Balaban J connectivity index is 1.30. The topological polar surface area (TPSA) is 93.5 Å². The van der Waals surface area contributed by atoms with E-state index in [9.17, 15) is 13.2 Å². The average molecular weight is 455 g/mol. The number of piperazine rings is 1. The van der Waals surface area contributed by atoms with Crippen LogP contribution in [0.5, 0.6) is 0 Å². The minimum atomic E-state index is -3.55. The Kier molecular flexibility index (Phi) is 8.80. The minimum Gasteiger partial charge on any atom is -0.355 e. The molecular formula is C24H30N4O3S. The molecule has 1 saturated heterocycles. The lowest BCUT2D eigenvalue weighted by Crippen LogP contribution is -2.46. The van der Waals surface area contributed by atoms with E-state index in [4.69, 9.17) is 5.26 Å². The molecular weight excluding hydrogens is 424 g/mol. The van der Waals surface area contributed by atoms with Gasteiger partial charge in [0.25, 0.3) is 0 Å². The normalized spacial score (nSPS) is 15.2. The molecule has 0 aliphatic carbocycles. The summed E-state index contributed by atoms with van der Waals surface area (Å²) in [7, 11) is -3.55. The zero-order valence-electron chi connectivity index (χ0n) is 18.2. The van der Waals surface area contributed by atoms with Crippen LogP contribution in [0.3, 0.4) is 0 Å². The summed E-state index contributed by atoms with van der Waals surface area (Å²) in [6.45, 7) is 6.37. The number of benzene rings is 2. The predicted octanol–water partition coefficient (Wildman–Crippen LogP) is 1.80. The summed E-state index contributed by atoms with van der Waals surface area (Å²) in [5.41, 5.74) is 2.38. The van der Waals surface area contributed by atoms with Gasteiger partial charge in [-0.25, -0.2) is 8.42 Å². The Morgan fingerprint density at radius 1 is 0.938 bits per heavy atom. The highest BCUT2D eigenvalue weighted by Gasteiger charge is 2.18. The number of nitrogens with one attached hydrogen (secondary N) is 1. The largest absolute Gasteiger partial charge is 0.355 e. The maximum absolute atomic E-state index is 12.3. The summed E-state index contributed by atoms with van der Waals surface area (Å²) in [5.74, 6) is -1.20. The van der Waals surface area contributed by atoms with Crippen molar-refractivity contribution in [1.82, 2.24) is 15.1 Å². The number of rotatable bonds is 10. The molecule has 0 unspecified atom stereocenters. The number of hydrogen-bond acceptors (Lipinski definition) is 6. The molecule has 0 saturated carbocycles. The first-order valence-electron chi connectivity index (χ1n) is 10.9. The van der Waals surface area contributed by atoms with Crippen LogP contribution in [-0.4, -0.2) is 69.1 Å². The summed E-state index contributed by atoms with van der Waals surface area (Å²) in [6.07, 6.45) is 0.792. The van der Waals surface area contributed by atoms with Gasteiger partial charge >= 0.3 is 0 Å². The molecule has 1 amide bonds. The second-order valence-corrected chi connectivity index (χ2v) is 10.2. The summed E-state index contributed by atoms with van der Waals surface area (Å²) >= 11 is 0. The lowest BCUT2D eigenvalue weighted by molar-refractivity contribution is -0.118. The van der Waals surface area contributed by atoms with Crippen LogP contribution >= 0.6 is 0 Å². The third kappa shape index (κ3) is 8.08. The molecule has 32 heavy (non-hydrogen) atoms. The molecule has 3 rings (SSSR count). The van der Waals surface area contributed by atoms with Crippen molar-refractivity contribution in [2.24, 2.45) is 0 Å². The van der Waals surface area contributed by atoms with E-state index in [1.165, 1.54) is 5.56 Å². The first-order valence-corrected chi connectivity index (χ1v) is 12.7. The van der Waals surface area contributed by atoms with E-state index in [2.05, 4.69) is 39.4 Å². The van der Waals surface area contributed by atoms with E-state index in [0.717, 1.165) is 45.7 Å². The summed E-state index contributed by atoms with van der Waals surface area (Å²) in [4.78, 5) is 16.9. The Morgan fingerprint density at radius 3 is 2.25 bits per heavy atom. The van der Waals surface area contributed by atoms with E-state index < -0.39 is 21.5 Å². The van der Waals surface area contributed by atoms with Gasteiger partial charge in [0.1, 0.15) is 5.75 Å². The van der Waals surface area contributed by atoms with Gasteiger partial charge in [-0.05, 0) is 36.2 Å². The Hall–Kier alpha value is -2.73. The molecule has 2 aromatic carbocycles. The Bertz CT molecular complexity index is 1010. The van der Waals surface area contributed by atoms with Gasteiger partial charge in [0.2, 0.25) is 5.91 Å². The van der Waals surface area contributed by atoms with Gasteiger partial charge in [-0.15, -0.1) is 0 Å². The first-order chi connectivity index (χ1) is 15.4. The average Bonchev–Trinajstić information content (AvgIpc) is 2.78. The van der Waals surface area contributed by atoms with Gasteiger partial charge in [-0.1, -0.05) is 42.5 Å². The molecule has 1 heterocycles. The van der Waals surface area contributed by atoms with Gasteiger partial charge < -0.3 is 10.2 Å². The fraction of sp³-hybridized carbons (Fsp3) is 0.417. The number of sulfone groups is 1. The van der Waals surface area contributed by atoms with Crippen molar-refractivity contribution in [3.05, 3.63) is 71.3 Å². The molecule has 2 aromatic rings. The third-order valence-electron chi connectivity index (χ3n) is 5.51. The molecule has 170 valence electrons. The van der Waals surface area contributed by atoms with Gasteiger partial charge in [-0.3, -0.25) is 9.69 Å². The van der Waals surface area contributed by atoms with Crippen LogP contribution < -0.4 is 5.32 Å². The molecule has 1 fully saturated rings. The van der Waals surface area contributed by atoms with Crippen molar-refractivity contribution in [3.8, 4) is 6.07 Å². The van der Waals surface area contributed by atoms with E-state index in [1.807, 2.05) is 12.1 Å². The Morgan fingerprint density at radius 2 is 1.59 bits per heavy atom. The van der Waals surface area contributed by atoms with E-state index >= 15 is 0 Å². The molecule has 1 aliphatic heterocycles. The van der Waals surface area contributed by atoms with Crippen molar-refractivity contribution >= 4 is 15.7 Å². The van der Waals surface area contributed by atoms with E-state index in [1.54, 1.807) is 24.3 Å². The minimum absolute atomic E-state index is 0.209. The van der Waals surface area contributed by atoms with Gasteiger partial charge in [-0.2, -0.15) is 5.26 Å². The smallest absolute Gasteiger partial charge is 0.235 e.